The summed E-state index contributed by atoms with van der Waals surface area (Å²) in [6.07, 6.45) is 5.72. The number of rotatable bonds is 5. The summed E-state index contributed by atoms with van der Waals surface area (Å²) in [6, 6.07) is 20.1. The van der Waals surface area contributed by atoms with E-state index in [1.165, 1.54) is 51.7 Å². The number of aryl methyl sites for hydroxylation is 1. The van der Waals surface area contributed by atoms with Crippen LogP contribution in [-0.2, 0) is 13.0 Å². The quantitative estimate of drug-likeness (QED) is 0.325. The monoisotopic (exact) mass is 473 g/mol. The van der Waals surface area contributed by atoms with Gasteiger partial charge in [0.25, 0.3) is 0 Å². The summed E-state index contributed by atoms with van der Waals surface area (Å²) in [5.41, 5.74) is 8.23. The van der Waals surface area contributed by atoms with E-state index in [0.29, 0.717) is 6.04 Å². The fourth-order valence-corrected chi connectivity index (χ4v) is 5.65. The molecule has 4 nitrogen and oxygen atoms in total. The van der Waals surface area contributed by atoms with E-state index in [0.717, 1.165) is 37.0 Å². The zero-order chi connectivity index (χ0) is 22.5. The summed E-state index contributed by atoms with van der Waals surface area (Å²) in [5, 5.41) is 1.32. The van der Waals surface area contributed by atoms with Gasteiger partial charge in [-0.1, -0.05) is 36.4 Å². The van der Waals surface area contributed by atoms with E-state index in [4.69, 9.17) is 9.72 Å². The lowest BCUT2D eigenvalue weighted by Crippen LogP contribution is -2.37. The Morgan fingerprint density at radius 2 is 1.76 bits per heavy atom. The van der Waals surface area contributed by atoms with Crippen LogP contribution >= 0.6 is 12.4 Å². The molecule has 1 saturated carbocycles. The number of pyridine rings is 1. The van der Waals surface area contributed by atoms with Crippen LogP contribution in [0.5, 0.6) is 5.75 Å². The first-order valence-electron chi connectivity index (χ1n) is 12.1. The minimum absolute atomic E-state index is 0. The van der Waals surface area contributed by atoms with Gasteiger partial charge in [0.1, 0.15) is 5.75 Å². The average Bonchev–Trinajstić information content (AvgIpc) is 3.67. The lowest BCUT2D eigenvalue weighted by Gasteiger charge is -2.39. The highest BCUT2D eigenvalue weighted by Gasteiger charge is 2.40. The summed E-state index contributed by atoms with van der Waals surface area (Å²) in [6.45, 7) is 6.34. The maximum absolute atomic E-state index is 5.36. The van der Waals surface area contributed by atoms with Crippen LogP contribution in [0, 0.1) is 19.8 Å². The minimum atomic E-state index is 0. The fraction of sp³-hybridized carbons (Fsp3) is 0.345. The Morgan fingerprint density at radius 3 is 2.50 bits per heavy atom. The van der Waals surface area contributed by atoms with Crippen LogP contribution in [0.4, 0.5) is 5.82 Å². The summed E-state index contributed by atoms with van der Waals surface area (Å²) in [5.74, 6) is 2.77. The van der Waals surface area contributed by atoms with E-state index >= 15 is 0 Å². The Balaban J connectivity index is 0.00000241. The molecule has 1 aliphatic carbocycles. The molecular weight excluding hydrogens is 442 g/mol. The van der Waals surface area contributed by atoms with Gasteiger partial charge < -0.3 is 14.2 Å². The largest absolute Gasteiger partial charge is 0.497 e. The lowest BCUT2D eigenvalue weighted by atomic mass is 9.89. The van der Waals surface area contributed by atoms with Crippen molar-refractivity contribution in [3.05, 3.63) is 88.7 Å². The summed E-state index contributed by atoms with van der Waals surface area (Å²) in [7, 11) is 1.72. The number of hydrogen-bond acceptors (Lipinski definition) is 3. The van der Waals surface area contributed by atoms with Gasteiger partial charge in [0, 0.05) is 30.4 Å². The lowest BCUT2D eigenvalue weighted by molar-refractivity contribution is 0.414. The van der Waals surface area contributed by atoms with Crippen LogP contribution in [-0.4, -0.2) is 23.2 Å². The zero-order valence-corrected chi connectivity index (χ0v) is 20.9. The third kappa shape index (κ3) is 3.74. The fourth-order valence-electron chi connectivity index (χ4n) is 5.65. The molecular formula is C29H32ClN3O. The number of nitrogens with zero attached hydrogens (tertiary/aromatic N) is 3. The minimum Gasteiger partial charge on any atom is -0.497 e. The Labute approximate surface area is 208 Å². The first kappa shape index (κ1) is 22.8. The first-order chi connectivity index (χ1) is 16.2. The molecule has 1 unspecified atom stereocenters. The third-order valence-corrected chi connectivity index (χ3v) is 7.70. The van der Waals surface area contributed by atoms with Crippen molar-refractivity contribution in [1.29, 1.82) is 0 Å². The van der Waals surface area contributed by atoms with Crippen LogP contribution in [0.15, 0.2) is 60.8 Å². The smallest absolute Gasteiger partial charge is 0.153 e. The number of hydrogen-bond donors (Lipinski definition) is 0. The van der Waals surface area contributed by atoms with Gasteiger partial charge in [-0.25, -0.2) is 4.98 Å². The van der Waals surface area contributed by atoms with Crippen molar-refractivity contribution in [2.45, 2.75) is 45.7 Å². The Bertz CT molecular complexity index is 1320. The maximum Gasteiger partial charge on any atom is 0.153 e. The molecule has 176 valence electrons. The number of ether oxygens (including phenoxy) is 1. The van der Waals surface area contributed by atoms with Crippen molar-refractivity contribution in [3.8, 4) is 5.75 Å². The number of anilines is 1. The first-order valence-corrected chi connectivity index (χ1v) is 12.1. The predicted molar refractivity (Wildman–Crippen MR) is 142 cm³/mol. The summed E-state index contributed by atoms with van der Waals surface area (Å²) < 4.78 is 7.83. The molecule has 1 aliphatic heterocycles. The molecule has 3 heterocycles. The zero-order valence-electron chi connectivity index (χ0n) is 20.1. The summed E-state index contributed by atoms with van der Waals surface area (Å²) in [4.78, 5) is 7.65. The van der Waals surface area contributed by atoms with Gasteiger partial charge in [0.2, 0.25) is 0 Å². The highest BCUT2D eigenvalue weighted by Crippen LogP contribution is 2.49. The number of halogens is 1. The molecule has 5 heteroatoms. The van der Waals surface area contributed by atoms with E-state index in [9.17, 15) is 0 Å². The highest BCUT2D eigenvalue weighted by molar-refractivity contribution is 5.94. The van der Waals surface area contributed by atoms with Crippen LogP contribution in [0.1, 0.15) is 46.8 Å². The molecule has 0 amide bonds. The molecule has 4 aromatic rings. The normalized spacial score (nSPS) is 17.4. The van der Waals surface area contributed by atoms with E-state index in [-0.39, 0.29) is 12.4 Å². The van der Waals surface area contributed by atoms with Gasteiger partial charge >= 0.3 is 0 Å². The van der Waals surface area contributed by atoms with E-state index in [1.807, 2.05) is 18.3 Å². The van der Waals surface area contributed by atoms with Crippen LogP contribution in [0.3, 0.4) is 0 Å². The molecule has 0 spiro atoms. The van der Waals surface area contributed by atoms with E-state index < -0.39 is 0 Å². The molecule has 0 saturated heterocycles. The number of methoxy groups -OCH3 is 1. The molecule has 0 radical (unpaired) electrons. The Hall–Kier alpha value is -2.98. The van der Waals surface area contributed by atoms with Crippen molar-refractivity contribution in [1.82, 2.24) is 9.55 Å². The molecule has 2 aromatic carbocycles. The molecule has 1 atom stereocenters. The van der Waals surface area contributed by atoms with Crippen molar-refractivity contribution in [3.63, 3.8) is 0 Å². The molecule has 6 rings (SSSR count). The SMILES string of the molecule is COc1ccc(Cn2c(C)c(C)c3ccnc(N4CCc5ccccc5C4C4CC4)c32)cc1.Cl. The second-order valence-electron chi connectivity index (χ2n) is 9.60. The molecule has 1 fully saturated rings. The average molecular weight is 474 g/mol. The van der Waals surface area contributed by atoms with Gasteiger partial charge in [-0.3, -0.25) is 0 Å². The van der Waals surface area contributed by atoms with Gasteiger partial charge in [0.05, 0.1) is 18.7 Å². The van der Waals surface area contributed by atoms with Gasteiger partial charge in [-0.2, -0.15) is 0 Å². The molecule has 2 aliphatic rings. The van der Waals surface area contributed by atoms with Crippen LogP contribution in [0.25, 0.3) is 10.9 Å². The second kappa shape index (κ2) is 8.99. The standard InChI is InChI=1S/C29H31N3O.ClH/c1-19-20(2)32(18-21-8-12-24(33-3)13-9-21)28-25(19)14-16-30-29(28)31-17-15-22-6-4-5-7-26(22)27(31)23-10-11-23;/h4-9,12-14,16,23,27H,10-11,15,17-18H2,1-3H3;1H. The topological polar surface area (TPSA) is 30.3 Å². The van der Waals surface area contributed by atoms with Crippen molar-refractivity contribution < 1.29 is 4.74 Å². The molecule has 2 aromatic heterocycles. The van der Waals surface area contributed by atoms with Crippen LogP contribution in [0.2, 0.25) is 0 Å². The molecule has 0 N–H and O–H groups in total. The second-order valence-corrected chi connectivity index (χ2v) is 9.60. The van der Waals surface area contributed by atoms with Gasteiger partial charge in [-0.05, 0) is 79.5 Å². The predicted octanol–water partition coefficient (Wildman–Crippen LogP) is 6.65. The number of fused-ring (bicyclic) bond motifs is 2. The van der Waals surface area contributed by atoms with Gasteiger partial charge in [-0.15, -0.1) is 12.4 Å². The molecule has 0 bridgehead atoms. The maximum atomic E-state index is 5.36. The van der Waals surface area contributed by atoms with E-state index in [1.54, 1.807) is 7.11 Å². The van der Waals surface area contributed by atoms with Crippen LogP contribution < -0.4 is 9.64 Å². The third-order valence-electron chi connectivity index (χ3n) is 7.70. The highest BCUT2D eigenvalue weighted by atomic mass is 35.5. The summed E-state index contributed by atoms with van der Waals surface area (Å²) >= 11 is 0. The number of aromatic nitrogens is 2. The Morgan fingerprint density at radius 1 is 1.00 bits per heavy atom. The van der Waals surface area contributed by atoms with Crippen molar-refractivity contribution >= 4 is 29.1 Å². The number of benzene rings is 2. The van der Waals surface area contributed by atoms with Gasteiger partial charge in [0.15, 0.2) is 5.82 Å². The van der Waals surface area contributed by atoms with Crippen molar-refractivity contribution in [2.24, 2.45) is 5.92 Å². The Kier molecular flexibility index (Phi) is 6.03. The van der Waals surface area contributed by atoms with Crippen molar-refractivity contribution in [2.75, 3.05) is 18.6 Å². The molecule has 34 heavy (non-hydrogen) atoms. The van der Waals surface area contributed by atoms with E-state index in [2.05, 4.69) is 65.8 Å².